The average molecular weight is 444 g/mol. The molecule has 0 spiro atoms. The highest BCUT2D eigenvalue weighted by molar-refractivity contribution is 7.21. The zero-order valence-electron chi connectivity index (χ0n) is 14.6. The number of nitro benzene ring substituents is 1. The minimum Gasteiger partial charge on any atom is -0.322 e. The van der Waals surface area contributed by atoms with Gasteiger partial charge in [0.2, 0.25) is 0 Å². The van der Waals surface area contributed by atoms with Crippen LogP contribution in [0.3, 0.4) is 0 Å². The molecule has 0 atom stereocenters. The van der Waals surface area contributed by atoms with E-state index in [9.17, 15) is 14.9 Å². The number of hydrogen-bond donors (Lipinski definition) is 1. The van der Waals surface area contributed by atoms with Crippen LogP contribution in [-0.2, 0) is 0 Å². The SMILES string of the molecule is O=C(Nc1ccc(Cl)c(-c2nc3ccccc3s2)c1)c1ccc([N+](=O)[O-])cc1Cl. The van der Waals surface area contributed by atoms with Crippen LogP contribution >= 0.6 is 34.5 Å². The molecule has 1 aromatic heterocycles. The first-order chi connectivity index (χ1) is 13.9. The van der Waals surface area contributed by atoms with Crippen molar-refractivity contribution in [1.29, 1.82) is 0 Å². The number of non-ortho nitro benzene ring substituents is 1. The predicted molar refractivity (Wildman–Crippen MR) is 116 cm³/mol. The van der Waals surface area contributed by atoms with Crippen LogP contribution < -0.4 is 5.32 Å². The molecule has 0 fully saturated rings. The third kappa shape index (κ3) is 3.93. The highest BCUT2D eigenvalue weighted by Crippen LogP contribution is 2.36. The van der Waals surface area contributed by atoms with E-state index in [1.807, 2.05) is 24.3 Å². The summed E-state index contributed by atoms with van der Waals surface area (Å²) >= 11 is 13.9. The Hall–Kier alpha value is -3.00. The topological polar surface area (TPSA) is 85.1 Å². The molecule has 0 aliphatic rings. The van der Waals surface area contributed by atoms with Crippen molar-refractivity contribution in [3.05, 3.63) is 86.4 Å². The van der Waals surface area contributed by atoms with E-state index in [1.165, 1.54) is 23.5 Å². The number of fused-ring (bicyclic) bond motifs is 1. The number of rotatable bonds is 4. The van der Waals surface area contributed by atoms with Gasteiger partial charge in [-0.15, -0.1) is 11.3 Å². The highest BCUT2D eigenvalue weighted by atomic mass is 35.5. The Bertz CT molecular complexity index is 1240. The number of aromatic nitrogens is 1. The van der Waals surface area contributed by atoms with Gasteiger partial charge in [0.15, 0.2) is 0 Å². The van der Waals surface area contributed by atoms with Crippen LogP contribution in [0.15, 0.2) is 60.7 Å². The molecular formula is C20H11Cl2N3O3S. The number of thiazole rings is 1. The first-order valence-corrected chi connectivity index (χ1v) is 9.90. The summed E-state index contributed by atoms with van der Waals surface area (Å²) in [7, 11) is 0. The molecule has 0 radical (unpaired) electrons. The summed E-state index contributed by atoms with van der Waals surface area (Å²) in [5.41, 5.74) is 2.02. The van der Waals surface area contributed by atoms with Gasteiger partial charge in [0, 0.05) is 23.4 Å². The highest BCUT2D eigenvalue weighted by Gasteiger charge is 2.16. The van der Waals surface area contributed by atoms with Gasteiger partial charge in [-0.3, -0.25) is 14.9 Å². The summed E-state index contributed by atoms with van der Waals surface area (Å²) in [5.74, 6) is -0.484. The molecule has 0 saturated carbocycles. The fourth-order valence-electron chi connectivity index (χ4n) is 2.75. The second-order valence-corrected chi connectivity index (χ2v) is 7.90. The minimum atomic E-state index is -0.572. The molecule has 4 aromatic rings. The average Bonchev–Trinajstić information content (AvgIpc) is 3.13. The largest absolute Gasteiger partial charge is 0.322 e. The van der Waals surface area contributed by atoms with Crippen molar-refractivity contribution in [2.24, 2.45) is 0 Å². The van der Waals surface area contributed by atoms with E-state index in [0.717, 1.165) is 21.3 Å². The number of hydrogen-bond acceptors (Lipinski definition) is 5. The van der Waals surface area contributed by atoms with Crippen molar-refractivity contribution in [2.45, 2.75) is 0 Å². The molecule has 1 N–H and O–H groups in total. The van der Waals surface area contributed by atoms with Crippen LogP contribution in [0.25, 0.3) is 20.8 Å². The molecule has 0 saturated heterocycles. The Morgan fingerprint density at radius 1 is 1.03 bits per heavy atom. The summed E-state index contributed by atoms with van der Waals surface area (Å²) < 4.78 is 1.03. The molecule has 0 unspecified atom stereocenters. The zero-order chi connectivity index (χ0) is 20.5. The van der Waals surface area contributed by atoms with E-state index in [1.54, 1.807) is 18.2 Å². The van der Waals surface area contributed by atoms with Gasteiger partial charge in [-0.25, -0.2) is 4.98 Å². The summed E-state index contributed by atoms with van der Waals surface area (Å²) in [5, 5.41) is 14.8. The summed E-state index contributed by atoms with van der Waals surface area (Å²) in [6.45, 7) is 0. The van der Waals surface area contributed by atoms with Gasteiger partial charge in [-0.1, -0.05) is 35.3 Å². The standard InChI is InChI=1S/C20H11Cl2N3O3S/c21-15-8-5-11(9-14(15)20-24-17-3-1-2-4-18(17)29-20)23-19(26)13-7-6-12(25(27)28)10-16(13)22/h1-10H,(H,23,26). The molecular weight excluding hydrogens is 433 g/mol. The molecule has 1 heterocycles. The van der Waals surface area contributed by atoms with E-state index >= 15 is 0 Å². The smallest absolute Gasteiger partial charge is 0.270 e. The van der Waals surface area contributed by atoms with Crippen LogP contribution in [-0.4, -0.2) is 15.8 Å². The molecule has 29 heavy (non-hydrogen) atoms. The monoisotopic (exact) mass is 443 g/mol. The maximum atomic E-state index is 12.6. The third-order valence-corrected chi connectivity index (χ3v) is 5.87. The Morgan fingerprint density at radius 2 is 1.83 bits per heavy atom. The van der Waals surface area contributed by atoms with Crippen LogP contribution in [0.1, 0.15) is 10.4 Å². The Morgan fingerprint density at radius 3 is 2.55 bits per heavy atom. The predicted octanol–water partition coefficient (Wildman–Crippen LogP) is 6.43. The molecule has 0 aliphatic carbocycles. The Labute approximate surface area is 178 Å². The lowest BCUT2D eigenvalue weighted by Crippen LogP contribution is -2.12. The number of carbonyl (C=O) groups excluding carboxylic acids is 1. The fraction of sp³-hybridized carbons (Fsp3) is 0. The van der Waals surface area contributed by atoms with Gasteiger partial charge in [-0.2, -0.15) is 0 Å². The Kier molecular flexibility index (Phi) is 5.19. The van der Waals surface area contributed by atoms with E-state index in [2.05, 4.69) is 10.3 Å². The molecule has 0 aliphatic heterocycles. The molecule has 6 nitrogen and oxygen atoms in total. The number of nitro groups is 1. The third-order valence-electron chi connectivity index (χ3n) is 4.16. The van der Waals surface area contributed by atoms with Gasteiger partial charge in [0.1, 0.15) is 5.01 Å². The van der Waals surface area contributed by atoms with E-state index in [4.69, 9.17) is 23.2 Å². The Balaban J connectivity index is 1.64. The summed E-state index contributed by atoms with van der Waals surface area (Å²) in [6.07, 6.45) is 0. The van der Waals surface area contributed by atoms with Crippen LogP contribution in [0.4, 0.5) is 11.4 Å². The van der Waals surface area contributed by atoms with Gasteiger partial charge < -0.3 is 5.32 Å². The maximum absolute atomic E-state index is 12.6. The molecule has 1 amide bonds. The summed E-state index contributed by atoms with van der Waals surface area (Å²) in [4.78, 5) is 27.4. The number of halogens is 2. The van der Waals surface area contributed by atoms with Crippen LogP contribution in [0.5, 0.6) is 0 Å². The molecule has 3 aromatic carbocycles. The molecule has 0 bridgehead atoms. The number of amides is 1. The van der Waals surface area contributed by atoms with Crippen molar-refractivity contribution in [1.82, 2.24) is 4.98 Å². The lowest BCUT2D eigenvalue weighted by molar-refractivity contribution is -0.384. The molecule has 4 rings (SSSR count). The second kappa shape index (κ2) is 7.79. The van der Waals surface area contributed by atoms with Gasteiger partial charge in [0.05, 0.1) is 30.7 Å². The van der Waals surface area contributed by atoms with Crippen molar-refractivity contribution in [3.8, 4) is 10.6 Å². The van der Waals surface area contributed by atoms with Crippen molar-refractivity contribution >= 4 is 62.0 Å². The van der Waals surface area contributed by atoms with Gasteiger partial charge in [-0.05, 0) is 36.4 Å². The quantitative estimate of drug-likeness (QED) is 0.290. The van der Waals surface area contributed by atoms with Gasteiger partial charge >= 0.3 is 0 Å². The lowest BCUT2D eigenvalue weighted by atomic mass is 10.1. The maximum Gasteiger partial charge on any atom is 0.270 e. The number of anilines is 1. The van der Waals surface area contributed by atoms with Crippen molar-refractivity contribution < 1.29 is 9.72 Å². The fourth-order valence-corrected chi connectivity index (χ4v) is 4.27. The summed E-state index contributed by atoms with van der Waals surface area (Å²) in [6, 6.07) is 16.5. The zero-order valence-corrected chi connectivity index (χ0v) is 16.9. The van der Waals surface area contributed by atoms with Crippen molar-refractivity contribution in [3.63, 3.8) is 0 Å². The number of nitrogens with zero attached hydrogens (tertiary/aromatic N) is 2. The first-order valence-electron chi connectivity index (χ1n) is 8.33. The lowest BCUT2D eigenvalue weighted by Gasteiger charge is -2.09. The van der Waals surface area contributed by atoms with E-state index in [-0.39, 0.29) is 16.3 Å². The number of carbonyl (C=O) groups is 1. The van der Waals surface area contributed by atoms with Gasteiger partial charge in [0.25, 0.3) is 11.6 Å². The second-order valence-electron chi connectivity index (χ2n) is 6.06. The normalized spacial score (nSPS) is 10.8. The number of benzene rings is 3. The molecule has 144 valence electrons. The van der Waals surface area contributed by atoms with Crippen LogP contribution in [0.2, 0.25) is 10.0 Å². The van der Waals surface area contributed by atoms with E-state index in [0.29, 0.717) is 16.3 Å². The number of para-hydroxylation sites is 1. The number of nitrogens with one attached hydrogen (secondary N) is 1. The van der Waals surface area contributed by atoms with E-state index < -0.39 is 10.8 Å². The van der Waals surface area contributed by atoms with Crippen LogP contribution in [0, 0.1) is 10.1 Å². The minimum absolute atomic E-state index is 0.00272. The van der Waals surface area contributed by atoms with Crippen molar-refractivity contribution in [2.75, 3.05) is 5.32 Å². The first kappa shape index (κ1) is 19.3. The molecule has 9 heteroatoms.